The van der Waals surface area contributed by atoms with Crippen LogP contribution in [-0.4, -0.2) is 35.2 Å². The third kappa shape index (κ3) is 3.01. The Labute approximate surface area is 155 Å². The van der Waals surface area contributed by atoms with Crippen LogP contribution in [0.3, 0.4) is 0 Å². The van der Waals surface area contributed by atoms with Gasteiger partial charge in [-0.2, -0.15) is 0 Å². The number of aryl methyl sites for hydroxylation is 1. The van der Waals surface area contributed by atoms with E-state index < -0.39 is 5.60 Å². The summed E-state index contributed by atoms with van der Waals surface area (Å²) in [6, 6.07) is 12.3. The van der Waals surface area contributed by atoms with Crippen molar-refractivity contribution in [1.29, 1.82) is 0 Å². The zero-order valence-corrected chi connectivity index (χ0v) is 15.7. The number of hydrogen-bond donors (Lipinski definition) is 1. The zero-order chi connectivity index (χ0) is 18.1. The number of ether oxygens (including phenoxy) is 1. The van der Waals surface area contributed by atoms with Gasteiger partial charge in [-0.25, -0.2) is 0 Å². The molecule has 2 bridgehead atoms. The van der Waals surface area contributed by atoms with Crippen LogP contribution in [0.15, 0.2) is 42.6 Å². The van der Waals surface area contributed by atoms with Crippen molar-refractivity contribution in [3.63, 3.8) is 0 Å². The van der Waals surface area contributed by atoms with Gasteiger partial charge in [0.25, 0.3) is 0 Å². The lowest BCUT2D eigenvalue weighted by atomic mass is 9.64. The van der Waals surface area contributed by atoms with Gasteiger partial charge in [-0.05, 0) is 37.5 Å². The molecule has 2 heterocycles. The number of piperidine rings is 1. The van der Waals surface area contributed by atoms with Gasteiger partial charge in [0, 0.05) is 43.2 Å². The number of methoxy groups -OCH3 is 1. The first-order chi connectivity index (χ1) is 12.6. The van der Waals surface area contributed by atoms with E-state index in [0.29, 0.717) is 0 Å². The van der Waals surface area contributed by atoms with Gasteiger partial charge in [0.05, 0.1) is 12.8 Å². The zero-order valence-electron chi connectivity index (χ0n) is 15.7. The van der Waals surface area contributed by atoms with Crippen LogP contribution in [0.1, 0.15) is 36.1 Å². The van der Waals surface area contributed by atoms with Crippen molar-refractivity contribution in [1.82, 2.24) is 9.88 Å². The third-order valence-electron chi connectivity index (χ3n) is 6.22. The van der Waals surface area contributed by atoms with Gasteiger partial charge < -0.3 is 9.84 Å². The summed E-state index contributed by atoms with van der Waals surface area (Å²) in [6.45, 7) is 4.72. The normalized spacial score (nSPS) is 28.7. The van der Waals surface area contributed by atoms with Crippen LogP contribution in [0.4, 0.5) is 0 Å². The number of aliphatic hydroxyl groups is 1. The largest absolute Gasteiger partial charge is 0.496 e. The van der Waals surface area contributed by atoms with E-state index in [-0.39, 0.29) is 11.8 Å². The number of likely N-dealkylation sites (tertiary alicyclic amines) is 1. The number of pyridine rings is 1. The van der Waals surface area contributed by atoms with E-state index in [1.54, 1.807) is 7.11 Å². The molecule has 1 saturated carbocycles. The molecule has 1 aliphatic heterocycles. The Kier molecular flexibility index (Phi) is 4.72. The van der Waals surface area contributed by atoms with Gasteiger partial charge in [-0.15, -0.1) is 0 Å². The predicted octanol–water partition coefficient (Wildman–Crippen LogP) is 3.52. The molecular formula is C22H28N2O2. The van der Waals surface area contributed by atoms with Crippen molar-refractivity contribution in [2.75, 3.05) is 20.2 Å². The second-order valence-corrected chi connectivity index (χ2v) is 7.88. The molecule has 1 unspecified atom stereocenters. The van der Waals surface area contributed by atoms with E-state index in [1.165, 1.54) is 12.0 Å². The van der Waals surface area contributed by atoms with Crippen molar-refractivity contribution >= 4 is 0 Å². The standard InChI is InChI=1S/C22H28N2O2/c1-16-10-11-21(23-12-16)22(25)18-7-5-8-19(22)15-24(14-18)13-17-6-3-4-9-20(17)26-2/h3-4,6,9-12,18-19,25H,5,7-8,13-15H2,1-2H3/t18-,19+,22?. The minimum atomic E-state index is -0.788. The Bertz CT molecular complexity index is 745. The average molecular weight is 352 g/mol. The highest BCUT2D eigenvalue weighted by Gasteiger charge is 2.52. The van der Waals surface area contributed by atoms with Crippen LogP contribution >= 0.6 is 0 Å². The van der Waals surface area contributed by atoms with E-state index >= 15 is 0 Å². The molecule has 0 spiro atoms. The van der Waals surface area contributed by atoms with E-state index in [1.807, 2.05) is 31.3 Å². The summed E-state index contributed by atoms with van der Waals surface area (Å²) in [5, 5.41) is 11.7. The lowest BCUT2D eigenvalue weighted by molar-refractivity contribution is -0.151. The maximum Gasteiger partial charge on any atom is 0.123 e. The third-order valence-corrected chi connectivity index (χ3v) is 6.22. The van der Waals surface area contributed by atoms with Crippen molar-refractivity contribution in [3.8, 4) is 5.75 Å². The van der Waals surface area contributed by atoms with Gasteiger partial charge in [0.1, 0.15) is 11.4 Å². The minimum absolute atomic E-state index is 0.236. The summed E-state index contributed by atoms with van der Waals surface area (Å²) < 4.78 is 5.52. The van der Waals surface area contributed by atoms with E-state index in [4.69, 9.17) is 4.74 Å². The maximum absolute atomic E-state index is 11.7. The van der Waals surface area contributed by atoms with Gasteiger partial charge in [-0.3, -0.25) is 9.88 Å². The van der Waals surface area contributed by atoms with Crippen LogP contribution in [0.5, 0.6) is 5.75 Å². The van der Waals surface area contributed by atoms with Crippen LogP contribution < -0.4 is 4.74 Å². The fraction of sp³-hybridized carbons (Fsp3) is 0.500. The summed E-state index contributed by atoms with van der Waals surface area (Å²) in [5.41, 5.74) is 2.42. The fourth-order valence-corrected chi connectivity index (χ4v) is 4.87. The molecule has 2 fully saturated rings. The predicted molar refractivity (Wildman–Crippen MR) is 102 cm³/mol. The average Bonchev–Trinajstić information content (AvgIpc) is 2.63. The SMILES string of the molecule is COc1ccccc1CN1C[C@H]2CCC[C@@H](C1)C2(O)c1ccc(C)cn1. The Morgan fingerprint density at radius 1 is 1.15 bits per heavy atom. The summed E-state index contributed by atoms with van der Waals surface area (Å²) >= 11 is 0. The number of hydrogen-bond acceptors (Lipinski definition) is 4. The van der Waals surface area contributed by atoms with Crippen LogP contribution in [0.2, 0.25) is 0 Å². The summed E-state index contributed by atoms with van der Waals surface area (Å²) in [7, 11) is 1.73. The quantitative estimate of drug-likeness (QED) is 0.914. The fourth-order valence-electron chi connectivity index (χ4n) is 4.87. The number of para-hydroxylation sites is 1. The Balaban J connectivity index is 1.57. The monoisotopic (exact) mass is 352 g/mol. The van der Waals surface area contributed by atoms with Gasteiger partial charge >= 0.3 is 0 Å². The number of benzene rings is 1. The summed E-state index contributed by atoms with van der Waals surface area (Å²) in [6.07, 6.45) is 5.20. The van der Waals surface area contributed by atoms with Crippen LogP contribution in [0, 0.1) is 18.8 Å². The first-order valence-electron chi connectivity index (χ1n) is 9.61. The molecule has 4 rings (SSSR count). The molecule has 4 nitrogen and oxygen atoms in total. The Hall–Kier alpha value is -1.91. The molecule has 1 N–H and O–H groups in total. The van der Waals surface area contributed by atoms with E-state index in [9.17, 15) is 5.11 Å². The Morgan fingerprint density at radius 3 is 2.54 bits per heavy atom. The summed E-state index contributed by atoms with van der Waals surface area (Å²) in [5.74, 6) is 1.42. The molecule has 2 aliphatic rings. The molecule has 138 valence electrons. The van der Waals surface area contributed by atoms with Gasteiger partial charge in [0.2, 0.25) is 0 Å². The molecule has 1 aromatic heterocycles. The van der Waals surface area contributed by atoms with E-state index in [0.717, 1.165) is 49.5 Å². The molecule has 1 aliphatic carbocycles. The summed E-state index contributed by atoms with van der Waals surface area (Å²) in [4.78, 5) is 7.09. The number of aromatic nitrogens is 1. The number of rotatable bonds is 4. The molecule has 3 atom stereocenters. The van der Waals surface area contributed by atoms with E-state index in [2.05, 4.69) is 28.1 Å². The molecular weight excluding hydrogens is 324 g/mol. The lowest BCUT2D eigenvalue weighted by Crippen LogP contribution is -2.58. The highest BCUT2D eigenvalue weighted by molar-refractivity contribution is 5.33. The van der Waals surface area contributed by atoms with Gasteiger partial charge in [-0.1, -0.05) is 30.7 Å². The van der Waals surface area contributed by atoms with Gasteiger partial charge in [0.15, 0.2) is 0 Å². The van der Waals surface area contributed by atoms with Crippen molar-refractivity contribution < 1.29 is 9.84 Å². The highest BCUT2D eigenvalue weighted by Crippen LogP contribution is 2.48. The molecule has 2 aromatic rings. The van der Waals surface area contributed by atoms with Crippen molar-refractivity contribution in [3.05, 3.63) is 59.4 Å². The molecule has 1 aromatic carbocycles. The second-order valence-electron chi connectivity index (χ2n) is 7.88. The van der Waals surface area contributed by atoms with Crippen molar-refractivity contribution in [2.45, 2.75) is 38.3 Å². The highest BCUT2D eigenvalue weighted by atomic mass is 16.5. The first-order valence-corrected chi connectivity index (χ1v) is 9.61. The first kappa shape index (κ1) is 17.5. The maximum atomic E-state index is 11.7. The van der Waals surface area contributed by atoms with Crippen LogP contribution in [0.25, 0.3) is 0 Å². The van der Waals surface area contributed by atoms with Crippen LogP contribution in [-0.2, 0) is 12.1 Å². The van der Waals surface area contributed by atoms with Crippen molar-refractivity contribution in [2.24, 2.45) is 11.8 Å². The lowest BCUT2D eigenvalue weighted by Gasteiger charge is -2.52. The number of nitrogens with zero attached hydrogens (tertiary/aromatic N) is 2. The molecule has 26 heavy (non-hydrogen) atoms. The topological polar surface area (TPSA) is 45.6 Å². The molecule has 1 saturated heterocycles. The Morgan fingerprint density at radius 2 is 1.88 bits per heavy atom. The molecule has 0 radical (unpaired) electrons. The molecule has 0 amide bonds. The minimum Gasteiger partial charge on any atom is -0.496 e. The smallest absolute Gasteiger partial charge is 0.123 e. The number of fused-ring (bicyclic) bond motifs is 2. The second kappa shape index (κ2) is 7.01. The molecule has 4 heteroatoms.